The quantitative estimate of drug-likeness (QED) is 0.543. The van der Waals surface area contributed by atoms with Crippen LogP contribution in [0, 0.1) is 12.3 Å². The van der Waals surface area contributed by atoms with Gasteiger partial charge in [-0.25, -0.2) is 11.8 Å². The maximum atomic E-state index is 3.52. The minimum Gasteiger partial charge on any atom is -0.534 e. The van der Waals surface area contributed by atoms with Crippen molar-refractivity contribution < 1.29 is 32.7 Å². The van der Waals surface area contributed by atoms with Gasteiger partial charge in [-0.05, 0) is 7.05 Å². The van der Waals surface area contributed by atoms with Crippen LogP contribution in [0.3, 0.4) is 0 Å². The predicted octanol–water partition coefficient (Wildman–Crippen LogP) is 1.87. The number of hydrogen-bond acceptors (Lipinski definition) is 1. The van der Waals surface area contributed by atoms with Crippen molar-refractivity contribution in [1.29, 1.82) is 0 Å². The fraction of sp³-hybridized carbons (Fsp3) is 0.111. The Kier molecular flexibility index (Phi) is 5.44. The van der Waals surface area contributed by atoms with Crippen LogP contribution in [-0.2, 0) is 32.7 Å². The zero-order chi connectivity index (χ0) is 7.40. The number of rotatable bonds is 2. The molecule has 1 nitrogen and oxygen atoms in total. The first-order chi connectivity index (χ1) is 4.84. The molecule has 0 saturated heterocycles. The van der Waals surface area contributed by atoms with Crippen molar-refractivity contribution >= 4 is 5.69 Å². The maximum Gasteiger partial charge on any atom is 0 e. The van der Waals surface area contributed by atoms with Gasteiger partial charge in [0, 0.05) is 32.7 Å². The molecular weight excluding hydrogens is 211 g/mol. The molecule has 0 bridgehead atoms. The Morgan fingerprint density at radius 1 is 1.55 bits per heavy atom. The van der Waals surface area contributed by atoms with Crippen molar-refractivity contribution in [1.82, 2.24) is 0 Å². The van der Waals surface area contributed by atoms with Gasteiger partial charge in [0.25, 0.3) is 0 Å². The second-order valence-electron chi connectivity index (χ2n) is 1.96. The van der Waals surface area contributed by atoms with Gasteiger partial charge in [0.2, 0.25) is 0 Å². The van der Waals surface area contributed by atoms with E-state index in [1.165, 1.54) is 0 Å². The summed E-state index contributed by atoms with van der Waals surface area (Å²) in [6, 6.07) is 10.8. The van der Waals surface area contributed by atoms with Crippen molar-refractivity contribution in [2.75, 3.05) is 11.9 Å². The van der Waals surface area contributed by atoms with Gasteiger partial charge >= 0.3 is 0 Å². The van der Waals surface area contributed by atoms with Crippen molar-refractivity contribution in [3.63, 3.8) is 0 Å². The zero-order valence-corrected chi connectivity index (χ0v) is 9.38. The molecule has 0 atom stereocenters. The predicted molar refractivity (Wildman–Crippen MR) is 42.6 cm³/mol. The van der Waals surface area contributed by atoms with Gasteiger partial charge in [-0.15, -0.1) is 0 Å². The van der Waals surface area contributed by atoms with E-state index in [0.29, 0.717) is 0 Å². The fourth-order valence-electron chi connectivity index (χ4n) is 0.678. The smallest absolute Gasteiger partial charge is 0 e. The molecular formula is C9H9NY-2. The Labute approximate surface area is 93.0 Å². The van der Waals surface area contributed by atoms with Crippen molar-refractivity contribution in [2.45, 2.75) is 0 Å². The molecule has 1 aromatic rings. The van der Waals surface area contributed by atoms with Crippen LogP contribution in [0.15, 0.2) is 30.8 Å². The molecule has 55 valence electrons. The van der Waals surface area contributed by atoms with Crippen LogP contribution in [0.2, 0.25) is 0 Å². The van der Waals surface area contributed by atoms with E-state index in [0.717, 1.165) is 5.69 Å². The summed E-state index contributed by atoms with van der Waals surface area (Å²) in [5.41, 5.74) is 0.984. The molecule has 0 unspecified atom stereocenters. The Balaban J connectivity index is 0.000001000. The second kappa shape index (κ2) is 5.51. The average Bonchev–Trinajstić information content (AvgIpc) is 2.05. The molecule has 0 spiro atoms. The molecule has 0 N–H and O–H groups in total. The molecule has 0 aliphatic heterocycles. The van der Waals surface area contributed by atoms with Gasteiger partial charge in [-0.3, -0.25) is 6.07 Å². The summed E-state index contributed by atoms with van der Waals surface area (Å²) in [5.74, 6) is 0. The molecule has 1 rings (SSSR count). The van der Waals surface area contributed by atoms with E-state index in [1.54, 1.807) is 4.90 Å². The Hall–Kier alpha value is -0.136. The first kappa shape index (κ1) is 10.9. The molecule has 0 aliphatic rings. The molecule has 0 fully saturated rings. The van der Waals surface area contributed by atoms with E-state index in [4.69, 9.17) is 0 Å². The first-order valence-electron chi connectivity index (χ1n) is 3.08. The Morgan fingerprint density at radius 2 is 2.27 bits per heavy atom. The van der Waals surface area contributed by atoms with E-state index in [1.807, 2.05) is 31.3 Å². The molecule has 0 heterocycles. The van der Waals surface area contributed by atoms with E-state index in [-0.39, 0.29) is 32.7 Å². The van der Waals surface area contributed by atoms with E-state index in [2.05, 4.69) is 18.8 Å². The van der Waals surface area contributed by atoms with Crippen LogP contribution in [0.1, 0.15) is 0 Å². The van der Waals surface area contributed by atoms with Crippen molar-refractivity contribution in [2.24, 2.45) is 0 Å². The van der Waals surface area contributed by atoms with Crippen LogP contribution in [-0.4, -0.2) is 7.05 Å². The van der Waals surface area contributed by atoms with Crippen LogP contribution in [0.4, 0.5) is 5.69 Å². The first-order valence-corrected chi connectivity index (χ1v) is 3.08. The van der Waals surface area contributed by atoms with Gasteiger partial charge < -0.3 is 4.90 Å². The van der Waals surface area contributed by atoms with Crippen LogP contribution in [0.25, 0.3) is 0 Å². The van der Waals surface area contributed by atoms with E-state index < -0.39 is 0 Å². The number of benzene rings is 1. The summed E-state index contributed by atoms with van der Waals surface area (Å²) in [4.78, 5) is 1.79. The van der Waals surface area contributed by atoms with Crippen molar-refractivity contribution in [3.05, 3.63) is 43.1 Å². The molecule has 1 aromatic carbocycles. The van der Waals surface area contributed by atoms with E-state index in [9.17, 15) is 0 Å². The molecule has 1 radical (unpaired) electrons. The number of nitrogens with zero attached hydrogens (tertiary/aromatic N) is 1. The van der Waals surface area contributed by atoms with Gasteiger partial charge in [0.1, 0.15) is 0 Å². The number of hydrogen-bond donors (Lipinski definition) is 0. The zero-order valence-electron chi connectivity index (χ0n) is 6.54. The molecule has 2 heteroatoms. The SMILES string of the molecule is C=[C-]N(C)c1[c-]cccc1.[Y]. The summed E-state index contributed by atoms with van der Waals surface area (Å²) in [6.45, 7) is 3.52. The molecule has 0 amide bonds. The minimum atomic E-state index is 0. The largest absolute Gasteiger partial charge is 0.534 e. The van der Waals surface area contributed by atoms with Gasteiger partial charge in [0.15, 0.2) is 0 Å². The molecule has 0 aliphatic carbocycles. The third-order valence-electron chi connectivity index (χ3n) is 1.29. The fourth-order valence-corrected chi connectivity index (χ4v) is 0.678. The Bertz CT molecular complexity index is 208. The topological polar surface area (TPSA) is 3.24 Å². The van der Waals surface area contributed by atoms with Crippen LogP contribution < -0.4 is 4.90 Å². The van der Waals surface area contributed by atoms with Gasteiger partial charge in [-0.1, -0.05) is 0 Å². The van der Waals surface area contributed by atoms with Gasteiger partial charge in [0.05, 0.1) is 0 Å². The molecule has 0 saturated carbocycles. The van der Waals surface area contributed by atoms with E-state index >= 15 is 0 Å². The third-order valence-corrected chi connectivity index (χ3v) is 1.29. The summed E-state index contributed by atoms with van der Waals surface area (Å²) in [5, 5.41) is 0. The molecule has 11 heavy (non-hydrogen) atoms. The second-order valence-corrected chi connectivity index (χ2v) is 1.96. The summed E-state index contributed by atoms with van der Waals surface area (Å²) in [7, 11) is 1.89. The summed E-state index contributed by atoms with van der Waals surface area (Å²) >= 11 is 0. The summed E-state index contributed by atoms with van der Waals surface area (Å²) < 4.78 is 0. The van der Waals surface area contributed by atoms with Crippen LogP contribution >= 0.6 is 0 Å². The maximum absolute atomic E-state index is 3.52. The van der Waals surface area contributed by atoms with Crippen LogP contribution in [0.5, 0.6) is 0 Å². The third kappa shape index (κ3) is 3.17. The van der Waals surface area contributed by atoms with Crippen molar-refractivity contribution in [3.8, 4) is 0 Å². The summed E-state index contributed by atoms with van der Waals surface area (Å²) in [6.07, 6.45) is 2.73. The average molecular weight is 220 g/mol. The van der Waals surface area contributed by atoms with Gasteiger partial charge in [-0.2, -0.15) is 31.0 Å². The number of anilines is 1. The number of para-hydroxylation sites is 1. The minimum absolute atomic E-state index is 0. The standard InChI is InChI=1S/C9H9N.Y/c1-3-10(2)9-7-5-4-6-8-9;/h4-7H,1H2,2H3;/q-2;. The molecule has 0 aromatic heterocycles. The monoisotopic (exact) mass is 220 g/mol. The Morgan fingerprint density at radius 3 is 2.73 bits per heavy atom. The normalized spacial score (nSPS) is 8.09.